The summed E-state index contributed by atoms with van der Waals surface area (Å²) in [7, 11) is 0. The Balaban J connectivity index is 1.53. The van der Waals surface area contributed by atoms with Crippen LogP contribution in [0, 0.1) is 6.92 Å². The number of imidazole rings is 1. The lowest BCUT2D eigenvalue weighted by atomic mass is 10.2. The van der Waals surface area contributed by atoms with Crippen LogP contribution in [0.1, 0.15) is 24.1 Å². The van der Waals surface area contributed by atoms with Crippen LogP contribution in [0.25, 0.3) is 0 Å². The van der Waals surface area contributed by atoms with E-state index in [1.165, 1.54) is 12.8 Å². The molecule has 0 aliphatic heterocycles. The summed E-state index contributed by atoms with van der Waals surface area (Å²) in [6.07, 6.45) is 6.16. The molecule has 1 saturated carbocycles. The molecule has 1 amide bonds. The van der Waals surface area contributed by atoms with Crippen molar-refractivity contribution < 1.29 is 4.79 Å². The van der Waals surface area contributed by atoms with E-state index < -0.39 is 0 Å². The van der Waals surface area contributed by atoms with Crippen LogP contribution >= 0.6 is 0 Å². The molecule has 0 saturated heterocycles. The van der Waals surface area contributed by atoms with Gasteiger partial charge in [0.05, 0.1) is 12.0 Å². The number of benzene rings is 1. The van der Waals surface area contributed by atoms with Crippen molar-refractivity contribution in [3.63, 3.8) is 0 Å². The fraction of sp³-hybridized carbons (Fsp3) is 0.375. The summed E-state index contributed by atoms with van der Waals surface area (Å²) >= 11 is 0. The molecule has 2 N–H and O–H groups in total. The fourth-order valence-electron chi connectivity index (χ4n) is 2.19. The van der Waals surface area contributed by atoms with Crippen LogP contribution in [0.15, 0.2) is 36.8 Å². The van der Waals surface area contributed by atoms with E-state index in [1.54, 1.807) is 6.33 Å². The summed E-state index contributed by atoms with van der Waals surface area (Å²) < 4.78 is 1.82. The van der Waals surface area contributed by atoms with Crippen molar-refractivity contribution in [2.75, 3.05) is 5.32 Å². The number of amides is 1. The molecule has 1 aliphatic carbocycles. The van der Waals surface area contributed by atoms with Gasteiger partial charge in [0.15, 0.2) is 0 Å². The van der Waals surface area contributed by atoms with Crippen molar-refractivity contribution >= 4 is 11.6 Å². The van der Waals surface area contributed by atoms with Crippen LogP contribution in [-0.2, 0) is 17.9 Å². The summed E-state index contributed by atoms with van der Waals surface area (Å²) in [6, 6.07) is 8.43. The van der Waals surface area contributed by atoms with Crippen LogP contribution in [0.3, 0.4) is 0 Å². The minimum atomic E-state index is -0.0385. The molecule has 1 aliphatic rings. The number of anilines is 1. The summed E-state index contributed by atoms with van der Waals surface area (Å²) in [5.41, 5.74) is 2.90. The van der Waals surface area contributed by atoms with Crippen molar-refractivity contribution in [1.29, 1.82) is 0 Å². The van der Waals surface area contributed by atoms with Crippen LogP contribution in [0.5, 0.6) is 0 Å². The second-order valence-electron chi connectivity index (χ2n) is 5.56. The van der Waals surface area contributed by atoms with Gasteiger partial charge in [-0.15, -0.1) is 0 Å². The molecular formula is C16H20N4O. The molecular weight excluding hydrogens is 264 g/mol. The van der Waals surface area contributed by atoms with Gasteiger partial charge in [-0.2, -0.15) is 0 Å². The van der Waals surface area contributed by atoms with Crippen LogP contribution in [-0.4, -0.2) is 21.5 Å². The van der Waals surface area contributed by atoms with E-state index in [0.717, 1.165) is 23.5 Å². The molecule has 5 heteroatoms. The fourth-order valence-corrected chi connectivity index (χ4v) is 2.19. The van der Waals surface area contributed by atoms with E-state index in [2.05, 4.69) is 15.6 Å². The normalized spacial score (nSPS) is 14.1. The van der Waals surface area contributed by atoms with E-state index in [1.807, 2.05) is 42.0 Å². The maximum Gasteiger partial charge on any atom is 0.244 e. The molecule has 2 aromatic rings. The highest BCUT2D eigenvalue weighted by molar-refractivity contribution is 5.91. The zero-order chi connectivity index (χ0) is 14.7. The lowest BCUT2D eigenvalue weighted by Crippen LogP contribution is -2.18. The topological polar surface area (TPSA) is 59.0 Å². The van der Waals surface area contributed by atoms with Gasteiger partial charge in [0, 0.05) is 24.5 Å². The Bertz CT molecular complexity index is 631. The molecule has 0 atom stereocenters. The Morgan fingerprint density at radius 3 is 2.95 bits per heavy atom. The van der Waals surface area contributed by atoms with Gasteiger partial charge in [0.25, 0.3) is 0 Å². The highest BCUT2D eigenvalue weighted by Gasteiger charge is 2.20. The van der Waals surface area contributed by atoms with E-state index in [0.29, 0.717) is 6.04 Å². The van der Waals surface area contributed by atoms with Gasteiger partial charge in [-0.25, -0.2) is 4.98 Å². The number of carbonyl (C=O) groups excluding carboxylic acids is 1. The SMILES string of the molecule is Cc1ccccc1NC(=O)Cn1cnc(CNC2CC2)c1. The number of rotatable bonds is 6. The van der Waals surface area contributed by atoms with Gasteiger partial charge in [-0.3, -0.25) is 4.79 Å². The van der Waals surface area contributed by atoms with Crippen molar-refractivity contribution in [3.8, 4) is 0 Å². The third-order valence-corrected chi connectivity index (χ3v) is 3.58. The first-order valence-electron chi connectivity index (χ1n) is 7.30. The van der Waals surface area contributed by atoms with E-state index in [4.69, 9.17) is 0 Å². The Hall–Kier alpha value is -2.14. The number of aryl methyl sites for hydroxylation is 1. The zero-order valence-electron chi connectivity index (χ0n) is 12.2. The van der Waals surface area contributed by atoms with Crippen molar-refractivity contribution in [1.82, 2.24) is 14.9 Å². The summed E-state index contributed by atoms with van der Waals surface area (Å²) in [5, 5.41) is 6.34. The quantitative estimate of drug-likeness (QED) is 0.854. The lowest BCUT2D eigenvalue weighted by Gasteiger charge is -2.08. The monoisotopic (exact) mass is 284 g/mol. The number of hydrogen-bond donors (Lipinski definition) is 2. The molecule has 1 heterocycles. The van der Waals surface area contributed by atoms with E-state index in [-0.39, 0.29) is 12.5 Å². The van der Waals surface area contributed by atoms with Crippen molar-refractivity contribution in [2.45, 2.75) is 38.9 Å². The Kier molecular flexibility index (Phi) is 4.01. The standard InChI is InChI=1S/C16H20N4O/c1-12-4-2-3-5-15(12)19-16(21)10-20-9-14(18-11-20)8-17-13-6-7-13/h2-5,9,11,13,17H,6-8,10H2,1H3,(H,19,21). The molecule has 0 unspecified atom stereocenters. The first-order chi connectivity index (χ1) is 10.2. The zero-order valence-corrected chi connectivity index (χ0v) is 12.2. The van der Waals surface area contributed by atoms with Gasteiger partial charge in [-0.1, -0.05) is 18.2 Å². The van der Waals surface area contributed by atoms with Crippen molar-refractivity contribution in [3.05, 3.63) is 48.0 Å². The molecule has 1 fully saturated rings. The number of carbonyl (C=O) groups is 1. The predicted molar refractivity (Wildman–Crippen MR) is 81.9 cm³/mol. The third kappa shape index (κ3) is 3.92. The summed E-state index contributed by atoms with van der Waals surface area (Å²) in [6.45, 7) is 3.04. The van der Waals surface area contributed by atoms with Gasteiger partial charge in [0.1, 0.15) is 6.54 Å². The minimum Gasteiger partial charge on any atom is -0.328 e. The number of nitrogens with one attached hydrogen (secondary N) is 2. The Morgan fingerprint density at radius 2 is 2.19 bits per heavy atom. The second kappa shape index (κ2) is 6.10. The largest absolute Gasteiger partial charge is 0.328 e. The Morgan fingerprint density at radius 1 is 1.38 bits per heavy atom. The molecule has 0 bridgehead atoms. The third-order valence-electron chi connectivity index (χ3n) is 3.58. The molecule has 1 aromatic carbocycles. The number of para-hydroxylation sites is 1. The molecule has 110 valence electrons. The lowest BCUT2D eigenvalue weighted by molar-refractivity contribution is -0.116. The van der Waals surface area contributed by atoms with Gasteiger partial charge in [-0.05, 0) is 31.4 Å². The van der Waals surface area contributed by atoms with Crippen molar-refractivity contribution in [2.24, 2.45) is 0 Å². The number of nitrogens with zero attached hydrogens (tertiary/aromatic N) is 2. The first kappa shape index (κ1) is 13.8. The molecule has 0 radical (unpaired) electrons. The van der Waals surface area contributed by atoms with Gasteiger partial charge < -0.3 is 15.2 Å². The second-order valence-corrected chi connectivity index (χ2v) is 5.56. The van der Waals surface area contributed by atoms with E-state index >= 15 is 0 Å². The van der Waals surface area contributed by atoms with Crippen LogP contribution < -0.4 is 10.6 Å². The molecule has 5 nitrogen and oxygen atoms in total. The molecule has 0 spiro atoms. The average Bonchev–Trinajstić information content (AvgIpc) is 3.19. The molecule has 3 rings (SSSR count). The highest BCUT2D eigenvalue weighted by atomic mass is 16.1. The Labute approximate surface area is 124 Å². The minimum absolute atomic E-state index is 0.0385. The number of aromatic nitrogens is 2. The average molecular weight is 284 g/mol. The number of hydrogen-bond acceptors (Lipinski definition) is 3. The highest BCUT2D eigenvalue weighted by Crippen LogP contribution is 2.19. The maximum absolute atomic E-state index is 12.0. The van der Waals surface area contributed by atoms with Gasteiger partial charge >= 0.3 is 0 Å². The summed E-state index contributed by atoms with van der Waals surface area (Å²) in [5.74, 6) is -0.0385. The molecule has 21 heavy (non-hydrogen) atoms. The predicted octanol–water partition coefficient (Wildman–Crippen LogP) is 2.08. The first-order valence-corrected chi connectivity index (χ1v) is 7.30. The molecule has 1 aromatic heterocycles. The van der Waals surface area contributed by atoms with Crippen LogP contribution in [0.2, 0.25) is 0 Å². The van der Waals surface area contributed by atoms with E-state index in [9.17, 15) is 4.79 Å². The van der Waals surface area contributed by atoms with Gasteiger partial charge in [0.2, 0.25) is 5.91 Å². The van der Waals surface area contributed by atoms with Crippen LogP contribution in [0.4, 0.5) is 5.69 Å². The smallest absolute Gasteiger partial charge is 0.244 e. The summed E-state index contributed by atoms with van der Waals surface area (Å²) in [4.78, 5) is 16.4. The maximum atomic E-state index is 12.0.